The minimum Gasteiger partial charge on any atom is -0.476 e. The molecule has 6 nitrogen and oxygen atoms in total. The lowest BCUT2D eigenvalue weighted by molar-refractivity contribution is 0.176. The van der Waals surface area contributed by atoms with Gasteiger partial charge in [0, 0.05) is 6.54 Å². The summed E-state index contributed by atoms with van der Waals surface area (Å²) in [6, 6.07) is 7.36. The van der Waals surface area contributed by atoms with E-state index in [0.29, 0.717) is 24.4 Å². The Balaban J connectivity index is 2.09. The largest absolute Gasteiger partial charge is 0.476 e. The maximum Gasteiger partial charge on any atom is 0.274 e. The molecule has 1 aromatic carbocycles. The van der Waals surface area contributed by atoms with Crippen LogP contribution in [-0.2, 0) is 6.54 Å². The highest BCUT2D eigenvalue weighted by Gasteiger charge is 2.11. The van der Waals surface area contributed by atoms with Gasteiger partial charge in [0.15, 0.2) is 0 Å². The van der Waals surface area contributed by atoms with Crippen LogP contribution in [0.5, 0.6) is 5.88 Å². The van der Waals surface area contributed by atoms with Crippen molar-refractivity contribution in [1.82, 2.24) is 9.78 Å². The first-order valence-electron chi connectivity index (χ1n) is 9.48. The van der Waals surface area contributed by atoms with Crippen molar-refractivity contribution in [2.75, 3.05) is 6.61 Å². The summed E-state index contributed by atoms with van der Waals surface area (Å²) < 4.78 is 7.32. The van der Waals surface area contributed by atoms with E-state index in [-0.39, 0.29) is 17.8 Å². The molecule has 0 amide bonds. The van der Waals surface area contributed by atoms with Crippen molar-refractivity contribution in [2.24, 2.45) is 0 Å². The predicted octanol–water partition coefficient (Wildman–Crippen LogP) is 2.88. The summed E-state index contributed by atoms with van der Waals surface area (Å²) in [5.74, 6) is 0.479. The number of unbranched alkanes of at least 4 members (excludes halogenated alkanes) is 2. The maximum atomic E-state index is 12.6. The molecule has 0 unspecified atom stereocenters. The monoisotopic (exact) mass is 362 g/mol. The van der Waals surface area contributed by atoms with E-state index in [9.17, 15) is 15.0 Å². The molecule has 0 fully saturated rings. The topological polar surface area (TPSA) is 84.6 Å². The minimum absolute atomic E-state index is 0.112. The quantitative estimate of drug-likeness (QED) is 0.601. The molecule has 0 bridgehead atoms. The van der Waals surface area contributed by atoms with Gasteiger partial charge in [0.25, 0.3) is 5.56 Å². The molecule has 144 valence electrons. The zero-order chi connectivity index (χ0) is 18.9. The van der Waals surface area contributed by atoms with Crippen molar-refractivity contribution in [3.8, 4) is 5.88 Å². The third kappa shape index (κ3) is 6.11. The van der Waals surface area contributed by atoms with E-state index in [2.05, 4.69) is 5.10 Å². The molecule has 2 N–H and O–H groups in total. The Morgan fingerprint density at radius 1 is 1.00 bits per heavy atom. The lowest BCUT2D eigenvalue weighted by Crippen LogP contribution is -2.24. The molecule has 0 spiro atoms. The fourth-order valence-corrected chi connectivity index (χ4v) is 2.87. The number of rotatable bonds is 11. The number of fused-ring (bicyclic) bond motifs is 1. The Morgan fingerprint density at radius 3 is 2.27 bits per heavy atom. The average molecular weight is 362 g/mol. The van der Waals surface area contributed by atoms with Gasteiger partial charge >= 0.3 is 0 Å². The fourth-order valence-electron chi connectivity index (χ4n) is 2.87. The molecule has 0 radical (unpaired) electrons. The maximum absolute atomic E-state index is 12.6. The van der Waals surface area contributed by atoms with Crippen LogP contribution in [0.3, 0.4) is 0 Å². The molecule has 0 aliphatic heterocycles. The third-order valence-corrected chi connectivity index (χ3v) is 4.33. The van der Waals surface area contributed by atoms with Crippen LogP contribution in [0.25, 0.3) is 10.8 Å². The highest BCUT2D eigenvalue weighted by atomic mass is 16.5. The molecule has 1 aromatic heterocycles. The van der Waals surface area contributed by atoms with E-state index in [0.717, 1.165) is 43.9 Å². The third-order valence-electron chi connectivity index (χ3n) is 4.33. The van der Waals surface area contributed by atoms with E-state index in [1.54, 1.807) is 19.9 Å². The number of aliphatic hydroxyl groups excluding tert-OH is 2. The van der Waals surface area contributed by atoms with Gasteiger partial charge < -0.3 is 14.9 Å². The summed E-state index contributed by atoms with van der Waals surface area (Å²) in [6.45, 7) is 4.56. The van der Waals surface area contributed by atoms with E-state index >= 15 is 0 Å². The number of hydrogen-bond donors (Lipinski definition) is 2. The van der Waals surface area contributed by atoms with Gasteiger partial charge in [0.05, 0.1) is 29.6 Å². The van der Waals surface area contributed by atoms with Crippen LogP contribution < -0.4 is 10.3 Å². The van der Waals surface area contributed by atoms with Gasteiger partial charge in [-0.3, -0.25) is 4.79 Å². The average Bonchev–Trinajstić information content (AvgIpc) is 2.61. The van der Waals surface area contributed by atoms with Gasteiger partial charge in [-0.25, -0.2) is 4.68 Å². The van der Waals surface area contributed by atoms with Gasteiger partial charge in [-0.1, -0.05) is 12.1 Å². The number of aliphatic hydroxyl groups is 2. The highest BCUT2D eigenvalue weighted by Crippen LogP contribution is 2.20. The first kappa shape index (κ1) is 20.4. The standard InChI is InChI=1S/C20H30N2O4/c1-15(23)9-5-7-13-22-20(25)18-12-4-3-11-17(18)19(21-22)26-14-8-6-10-16(2)24/h3-4,11-12,15-16,23-24H,5-10,13-14H2,1-2H3/t15-,16-/m1/s1. The Bertz CT molecular complexity index is 740. The van der Waals surface area contributed by atoms with Crippen molar-refractivity contribution in [1.29, 1.82) is 0 Å². The number of ether oxygens (including phenoxy) is 1. The molecule has 2 rings (SSSR count). The SMILES string of the molecule is C[C@@H](O)CCCCOc1nn(CCCC[C@@H](C)O)c(=O)c2ccccc12. The Hall–Kier alpha value is -1.92. The summed E-state index contributed by atoms with van der Waals surface area (Å²) in [6.07, 6.45) is 4.19. The lowest BCUT2D eigenvalue weighted by atomic mass is 10.1. The molecule has 0 saturated carbocycles. The summed E-state index contributed by atoms with van der Waals surface area (Å²) >= 11 is 0. The molecule has 0 aliphatic carbocycles. The van der Waals surface area contributed by atoms with Crippen LogP contribution >= 0.6 is 0 Å². The number of hydrogen-bond acceptors (Lipinski definition) is 5. The molecule has 26 heavy (non-hydrogen) atoms. The first-order valence-corrected chi connectivity index (χ1v) is 9.48. The van der Waals surface area contributed by atoms with Crippen molar-refractivity contribution in [3.05, 3.63) is 34.6 Å². The lowest BCUT2D eigenvalue weighted by Gasteiger charge is -2.12. The zero-order valence-electron chi connectivity index (χ0n) is 15.7. The molecule has 2 atom stereocenters. The smallest absolute Gasteiger partial charge is 0.274 e. The van der Waals surface area contributed by atoms with Crippen molar-refractivity contribution in [2.45, 2.75) is 71.1 Å². The molecule has 2 aromatic rings. The highest BCUT2D eigenvalue weighted by molar-refractivity contribution is 5.85. The summed E-state index contributed by atoms with van der Waals surface area (Å²) in [4.78, 5) is 12.6. The number of aromatic nitrogens is 2. The normalized spacial score (nSPS) is 13.7. The molecule has 0 saturated heterocycles. The van der Waals surface area contributed by atoms with Crippen molar-refractivity contribution >= 4 is 10.8 Å². The summed E-state index contributed by atoms with van der Waals surface area (Å²) in [5, 5.41) is 24.4. The van der Waals surface area contributed by atoms with Gasteiger partial charge in [0.2, 0.25) is 5.88 Å². The van der Waals surface area contributed by atoms with Crippen molar-refractivity contribution < 1.29 is 14.9 Å². The van der Waals surface area contributed by atoms with Gasteiger partial charge in [0.1, 0.15) is 0 Å². The number of aryl methyl sites for hydroxylation is 1. The zero-order valence-corrected chi connectivity index (χ0v) is 15.7. The Morgan fingerprint density at radius 2 is 1.62 bits per heavy atom. The van der Waals surface area contributed by atoms with Gasteiger partial charge in [-0.15, -0.1) is 5.10 Å². The van der Waals surface area contributed by atoms with E-state index in [1.807, 2.05) is 18.2 Å². The van der Waals surface area contributed by atoms with Gasteiger partial charge in [-0.05, 0) is 64.5 Å². The van der Waals surface area contributed by atoms with Crippen LogP contribution in [0, 0.1) is 0 Å². The van der Waals surface area contributed by atoms with Crippen LogP contribution in [-0.4, -0.2) is 38.8 Å². The summed E-state index contributed by atoms with van der Waals surface area (Å²) in [5.41, 5.74) is -0.112. The second kappa shape index (κ2) is 10.3. The van der Waals surface area contributed by atoms with Gasteiger partial charge in [-0.2, -0.15) is 0 Å². The van der Waals surface area contributed by atoms with E-state index in [1.165, 1.54) is 4.68 Å². The second-order valence-corrected chi connectivity index (χ2v) is 6.92. The number of nitrogens with zero attached hydrogens (tertiary/aromatic N) is 2. The summed E-state index contributed by atoms with van der Waals surface area (Å²) in [7, 11) is 0. The van der Waals surface area contributed by atoms with E-state index in [4.69, 9.17) is 4.74 Å². The van der Waals surface area contributed by atoms with E-state index < -0.39 is 0 Å². The fraction of sp³-hybridized carbons (Fsp3) is 0.600. The van der Waals surface area contributed by atoms with Crippen LogP contribution in [0.4, 0.5) is 0 Å². The predicted molar refractivity (Wildman–Crippen MR) is 103 cm³/mol. The Labute approximate surface area is 154 Å². The molecule has 1 heterocycles. The number of benzene rings is 1. The Kier molecular flexibility index (Phi) is 8.06. The second-order valence-electron chi connectivity index (χ2n) is 6.92. The molecule has 6 heteroatoms. The van der Waals surface area contributed by atoms with Crippen LogP contribution in [0.15, 0.2) is 29.1 Å². The molecular formula is C20H30N2O4. The van der Waals surface area contributed by atoms with Crippen molar-refractivity contribution in [3.63, 3.8) is 0 Å². The molecule has 0 aliphatic rings. The van der Waals surface area contributed by atoms with Crippen LogP contribution in [0.1, 0.15) is 52.4 Å². The minimum atomic E-state index is -0.322. The molecular weight excluding hydrogens is 332 g/mol. The van der Waals surface area contributed by atoms with Crippen LogP contribution in [0.2, 0.25) is 0 Å². The first-order chi connectivity index (χ1) is 12.5.